The van der Waals surface area contributed by atoms with Gasteiger partial charge in [0.1, 0.15) is 5.82 Å². The molecule has 0 saturated heterocycles. The smallest absolute Gasteiger partial charge is 0.114 e. The van der Waals surface area contributed by atoms with Crippen LogP contribution in [0.5, 0.6) is 0 Å². The minimum Gasteiger partial charge on any atom is -0.333 e. The van der Waals surface area contributed by atoms with Crippen LogP contribution >= 0.6 is 0 Å². The summed E-state index contributed by atoms with van der Waals surface area (Å²) in [6.45, 7) is 9.33. The molecule has 0 bridgehead atoms. The number of hydrogen-bond donors (Lipinski definition) is 1. The van der Waals surface area contributed by atoms with Gasteiger partial charge >= 0.3 is 0 Å². The van der Waals surface area contributed by atoms with Gasteiger partial charge in [-0.05, 0) is 6.92 Å². The van der Waals surface area contributed by atoms with Gasteiger partial charge in [-0.3, -0.25) is 0 Å². The van der Waals surface area contributed by atoms with E-state index in [1.165, 1.54) is 0 Å². The molecule has 2 N–H and O–H groups in total. The van der Waals surface area contributed by atoms with E-state index in [2.05, 4.69) is 30.3 Å². The van der Waals surface area contributed by atoms with Crippen LogP contribution in [0.3, 0.4) is 0 Å². The van der Waals surface area contributed by atoms with Crippen LogP contribution in [-0.2, 0) is 12.0 Å². The normalized spacial score (nSPS) is 14.5. The molecule has 0 aromatic carbocycles. The fourth-order valence-corrected chi connectivity index (χ4v) is 1.41. The standard InChI is InChI=1S/C10H19N3/c1-8(11)7-13-6-5-12-9(13)10(2,3)4/h5-6,8H,7,11H2,1-4H3. The van der Waals surface area contributed by atoms with Gasteiger partial charge < -0.3 is 10.3 Å². The Kier molecular flexibility index (Phi) is 2.76. The van der Waals surface area contributed by atoms with Crippen LogP contribution < -0.4 is 5.73 Å². The summed E-state index contributed by atoms with van der Waals surface area (Å²) >= 11 is 0. The van der Waals surface area contributed by atoms with Crippen molar-refractivity contribution in [3.05, 3.63) is 18.2 Å². The lowest BCUT2D eigenvalue weighted by Crippen LogP contribution is -2.26. The summed E-state index contributed by atoms with van der Waals surface area (Å²) in [4.78, 5) is 4.35. The van der Waals surface area contributed by atoms with Crippen LogP contribution in [0.4, 0.5) is 0 Å². The highest BCUT2D eigenvalue weighted by molar-refractivity contribution is 5.04. The van der Waals surface area contributed by atoms with Crippen molar-refractivity contribution in [2.45, 2.75) is 45.7 Å². The summed E-state index contributed by atoms with van der Waals surface area (Å²) in [5, 5.41) is 0. The molecule has 0 spiro atoms. The van der Waals surface area contributed by atoms with Gasteiger partial charge in [-0.25, -0.2) is 4.98 Å². The molecule has 3 nitrogen and oxygen atoms in total. The first-order chi connectivity index (χ1) is 5.91. The van der Waals surface area contributed by atoms with Gasteiger partial charge in [0.2, 0.25) is 0 Å². The molecule has 0 fully saturated rings. The maximum Gasteiger partial charge on any atom is 0.114 e. The summed E-state index contributed by atoms with van der Waals surface area (Å²) < 4.78 is 2.13. The molecule has 3 heteroatoms. The Bertz CT molecular complexity index is 268. The van der Waals surface area contributed by atoms with E-state index < -0.39 is 0 Å². The van der Waals surface area contributed by atoms with E-state index in [-0.39, 0.29) is 11.5 Å². The van der Waals surface area contributed by atoms with Gasteiger partial charge in [0, 0.05) is 30.4 Å². The lowest BCUT2D eigenvalue weighted by molar-refractivity contribution is 0.477. The van der Waals surface area contributed by atoms with Crippen LogP contribution in [-0.4, -0.2) is 15.6 Å². The van der Waals surface area contributed by atoms with Crippen molar-refractivity contribution in [1.29, 1.82) is 0 Å². The highest BCUT2D eigenvalue weighted by Crippen LogP contribution is 2.19. The Balaban J connectivity index is 2.90. The molecule has 0 aliphatic rings. The number of rotatable bonds is 2. The first-order valence-corrected chi connectivity index (χ1v) is 4.68. The van der Waals surface area contributed by atoms with Crippen LogP contribution in [0, 0.1) is 0 Å². The zero-order chi connectivity index (χ0) is 10.1. The molecule has 1 unspecified atom stereocenters. The zero-order valence-electron chi connectivity index (χ0n) is 8.91. The predicted octanol–water partition coefficient (Wildman–Crippen LogP) is 1.53. The summed E-state index contributed by atoms with van der Waals surface area (Å²) in [6, 6.07) is 0.176. The average molecular weight is 181 g/mol. The minimum absolute atomic E-state index is 0.0956. The quantitative estimate of drug-likeness (QED) is 0.752. The Labute approximate surface area is 80.0 Å². The maximum atomic E-state index is 5.75. The Hall–Kier alpha value is -0.830. The number of nitrogens with two attached hydrogens (primary N) is 1. The van der Waals surface area contributed by atoms with Crippen molar-refractivity contribution in [2.75, 3.05) is 0 Å². The third-order valence-electron chi connectivity index (χ3n) is 1.87. The molecule has 13 heavy (non-hydrogen) atoms. The molecule has 1 aromatic rings. The van der Waals surface area contributed by atoms with Gasteiger partial charge in [-0.2, -0.15) is 0 Å². The molecular formula is C10H19N3. The Morgan fingerprint density at radius 2 is 2.15 bits per heavy atom. The highest BCUT2D eigenvalue weighted by Gasteiger charge is 2.19. The van der Waals surface area contributed by atoms with Crippen molar-refractivity contribution >= 4 is 0 Å². The zero-order valence-corrected chi connectivity index (χ0v) is 8.91. The third kappa shape index (κ3) is 2.56. The molecular weight excluding hydrogens is 162 g/mol. The molecule has 0 amide bonds. The monoisotopic (exact) mass is 181 g/mol. The molecule has 1 aromatic heterocycles. The van der Waals surface area contributed by atoms with Crippen LogP contribution in [0.2, 0.25) is 0 Å². The first kappa shape index (κ1) is 10.3. The van der Waals surface area contributed by atoms with E-state index >= 15 is 0 Å². The van der Waals surface area contributed by atoms with Crippen molar-refractivity contribution in [2.24, 2.45) is 5.73 Å². The SMILES string of the molecule is CC(N)Cn1ccnc1C(C)(C)C. The van der Waals surface area contributed by atoms with Crippen molar-refractivity contribution in [3.8, 4) is 0 Å². The van der Waals surface area contributed by atoms with E-state index in [1.807, 2.05) is 19.3 Å². The van der Waals surface area contributed by atoms with E-state index in [0.717, 1.165) is 12.4 Å². The van der Waals surface area contributed by atoms with Crippen molar-refractivity contribution < 1.29 is 0 Å². The molecule has 0 aliphatic heterocycles. The number of imidazole rings is 1. The van der Waals surface area contributed by atoms with Crippen LogP contribution in [0.1, 0.15) is 33.5 Å². The number of nitrogens with zero attached hydrogens (tertiary/aromatic N) is 2. The molecule has 1 heterocycles. The molecule has 1 atom stereocenters. The van der Waals surface area contributed by atoms with Crippen molar-refractivity contribution in [1.82, 2.24) is 9.55 Å². The maximum absolute atomic E-state index is 5.75. The fourth-order valence-electron chi connectivity index (χ4n) is 1.41. The molecule has 0 aliphatic carbocycles. The van der Waals surface area contributed by atoms with Gasteiger partial charge in [0.25, 0.3) is 0 Å². The van der Waals surface area contributed by atoms with Gasteiger partial charge in [-0.1, -0.05) is 20.8 Å². The molecule has 0 radical (unpaired) electrons. The van der Waals surface area contributed by atoms with Crippen LogP contribution in [0.25, 0.3) is 0 Å². The Morgan fingerprint density at radius 3 is 2.62 bits per heavy atom. The van der Waals surface area contributed by atoms with Crippen molar-refractivity contribution in [3.63, 3.8) is 0 Å². The summed E-state index contributed by atoms with van der Waals surface area (Å²) in [6.07, 6.45) is 3.83. The highest BCUT2D eigenvalue weighted by atomic mass is 15.1. The first-order valence-electron chi connectivity index (χ1n) is 4.68. The number of hydrogen-bond acceptors (Lipinski definition) is 2. The van der Waals surface area contributed by atoms with Crippen LogP contribution in [0.15, 0.2) is 12.4 Å². The van der Waals surface area contributed by atoms with E-state index in [4.69, 9.17) is 5.73 Å². The molecule has 0 saturated carbocycles. The summed E-state index contributed by atoms with van der Waals surface area (Å²) in [5.74, 6) is 1.10. The number of aromatic nitrogens is 2. The fraction of sp³-hybridized carbons (Fsp3) is 0.700. The van der Waals surface area contributed by atoms with Gasteiger partial charge in [0.05, 0.1) is 0 Å². The van der Waals surface area contributed by atoms with E-state index in [9.17, 15) is 0 Å². The van der Waals surface area contributed by atoms with Gasteiger partial charge in [-0.15, -0.1) is 0 Å². The lowest BCUT2D eigenvalue weighted by Gasteiger charge is -2.20. The van der Waals surface area contributed by atoms with E-state index in [0.29, 0.717) is 0 Å². The second kappa shape index (κ2) is 3.50. The predicted molar refractivity (Wildman–Crippen MR) is 54.6 cm³/mol. The molecule has 1 rings (SSSR count). The van der Waals surface area contributed by atoms with Gasteiger partial charge in [0.15, 0.2) is 0 Å². The lowest BCUT2D eigenvalue weighted by atomic mass is 9.95. The van der Waals surface area contributed by atoms with E-state index in [1.54, 1.807) is 0 Å². The minimum atomic E-state index is 0.0956. The second-order valence-corrected chi connectivity index (χ2v) is 4.63. The average Bonchev–Trinajstić information content (AvgIpc) is 2.31. The Morgan fingerprint density at radius 1 is 1.54 bits per heavy atom. The third-order valence-corrected chi connectivity index (χ3v) is 1.87. The summed E-state index contributed by atoms with van der Waals surface area (Å²) in [5.41, 5.74) is 5.84. The molecule has 74 valence electrons. The largest absolute Gasteiger partial charge is 0.333 e. The topological polar surface area (TPSA) is 43.8 Å². The second-order valence-electron chi connectivity index (χ2n) is 4.63. The summed E-state index contributed by atoms with van der Waals surface area (Å²) in [7, 11) is 0.